The van der Waals surface area contributed by atoms with Crippen molar-refractivity contribution in [3.63, 3.8) is 0 Å². The van der Waals surface area contributed by atoms with Crippen LogP contribution in [0.25, 0.3) is 0 Å². The van der Waals surface area contributed by atoms with E-state index in [-0.39, 0.29) is 17.4 Å². The van der Waals surface area contributed by atoms with E-state index in [9.17, 15) is 14.0 Å². The predicted octanol–water partition coefficient (Wildman–Crippen LogP) is 4.71. The van der Waals surface area contributed by atoms with Gasteiger partial charge < -0.3 is 14.8 Å². The van der Waals surface area contributed by atoms with Gasteiger partial charge in [0.2, 0.25) is 0 Å². The highest BCUT2D eigenvalue weighted by Crippen LogP contribution is 2.17. The van der Waals surface area contributed by atoms with Gasteiger partial charge in [-0.05, 0) is 37.1 Å². The van der Waals surface area contributed by atoms with Crippen molar-refractivity contribution in [3.05, 3.63) is 75.8 Å². The Labute approximate surface area is 192 Å². The molecule has 3 aromatic rings. The Morgan fingerprint density at radius 1 is 1.16 bits per heavy atom. The molecule has 0 radical (unpaired) electrons. The van der Waals surface area contributed by atoms with E-state index in [1.807, 2.05) is 29.8 Å². The van der Waals surface area contributed by atoms with Crippen molar-refractivity contribution in [2.75, 3.05) is 13.1 Å². The molecule has 1 N–H and O–H groups in total. The van der Waals surface area contributed by atoms with Crippen LogP contribution in [-0.4, -0.2) is 39.4 Å². The number of benzene rings is 1. The van der Waals surface area contributed by atoms with Crippen LogP contribution in [0, 0.1) is 5.82 Å². The van der Waals surface area contributed by atoms with Crippen LogP contribution in [0.3, 0.4) is 0 Å². The Bertz CT molecular complexity index is 1050. The van der Waals surface area contributed by atoms with Crippen LogP contribution >= 0.6 is 11.3 Å². The molecule has 0 aliphatic carbocycles. The van der Waals surface area contributed by atoms with Gasteiger partial charge >= 0.3 is 0 Å². The normalized spacial score (nSPS) is 10.8. The van der Waals surface area contributed by atoms with Gasteiger partial charge in [0, 0.05) is 30.4 Å². The van der Waals surface area contributed by atoms with Gasteiger partial charge in [-0.25, -0.2) is 9.37 Å². The van der Waals surface area contributed by atoms with Crippen molar-refractivity contribution in [1.29, 1.82) is 0 Å². The van der Waals surface area contributed by atoms with Crippen LogP contribution in [-0.2, 0) is 13.1 Å². The zero-order valence-corrected chi connectivity index (χ0v) is 19.3. The standard InChI is InChI=1S/C24H29FN4O2S/c1-3-5-12-26-23(30)21-17-32-22(27-21)16-28-14-8-9-18(28)15-29(13-4-2)24(31)19-10-6-7-11-20(19)25/h6-11,14,17H,3-5,12-13,15-16H2,1-2H3,(H,26,30). The first-order valence-electron chi connectivity index (χ1n) is 10.9. The number of carbonyl (C=O) groups excluding carboxylic acids is 2. The number of carbonyl (C=O) groups is 2. The number of nitrogens with zero attached hydrogens (tertiary/aromatic N) is 3. The molecule has 2 aromatic heterocycles. The summed E-state index contributed by atoms with van der Waals surface area (Å²) in [6.45, 7) is 6.11. The third kappa shape index (κ3) is 6.03. The van der Waals surface area contributed by atoms with Crippen molar-refractivity contribution in [1.82, 2.24) is 19.8 Å². The number of thiazole rings is 1. The second-order valence-corrected chi connectivity index (χ2v) is 8.51. The van der Waals surface area contributed by atoms with Crippen LogP contribution in [0.4, 0.5) is 4.39 Å². The molecular weight excluding hydrogens is 427 g/mol. The van der Waals surface area contributed by atoms with Gasteiger partial charge in [0.1, 0.15) is 16.5 Å². The number of halogens is 1. The number of unbranched alkanes of at least 4 members (excludes halogenated alkanes) is 1. The van der Waals surface area contributed by atoms with Crippen LogP contribution in [0.2, 0.25) is 0 Å². The highest BCUT2D eigenvalue weighted by atomic mass is 32.1. The minimum absolute atomic E-state index is 0.0812. The molecule has 170 valence electrons. The maximum atomic E-state index is 14.2. The second kappa shape index (κ2) is 11.6. The molecule has 8 heteroatoms. The Morgan fingerprint density at radius 2 is 1.97 bits per heavy atom. The molecule has 3 rings (SSSR count). The number of hydrogen-bond acceptors (Lipinski definition) is 4. The fraction of sp³-hybridized carbons (Fsp3) is 0.375. The minimum Gasteiger partial charge on any atom is -0.351 e. The lowest BCUT2D eigenvalue weighted by Gasteiger charge is -2.23. The van der Waals surface area contributed by atoms with Crippen molar-refractivity contribution in [2.24, 2.45) is 0 Å². The predicted molar refractivity (Wildman–Crippen MR) is 124 cm³/mol. The fourth-order valence-electron chi connectivity index (χ4n) is 3.37. The maximum Gasteiger partial charge on any atom is 0.270 e. The van der Waals surface area contributed by atoms with Crippen molar-refractivity contribution in [2.45, 2.75) is 46.2 Å². The quantitative estimate of drug-likeness (QED) is 0.425. The van der Waals surface area contributed by atoms with Crippen LogP contribution in [0.1, 0.15) is 64.7 Å². The number of rotatable bonds is 11. The number of amides is 2. The highest BCUT2D eigenvalue weighted by Gasteiger charge is 2.20. The van der Waals surface area contributed by atoms with Gasteiger partial charge in [-0.2, -0.15) is 0 Å². The largest absolute Gasteiger partial charge is 0.351 e. The first-order chi connectivity index (χ1) is 15.5. The van der Waals surface area contributed by atoms with E-state index >= 15 is 0 Å². The molecule has 0 saturated carbocycles. The van der Waals surface area contributed by atoms with E-state index in [1.165, 1.54) is 23.5 Å². The molecule has 0 atom stereocenters. The zero-order chi connectivity index (χ0) is 22.9. The first kappa shape index (κ1) is 23.7. The van der Waals surface area contributed by atoms with Gasteiger partial charge in [0.05, 0.1) is 18.7 Å². The zero-order valence-electron chi connectivity index (χ0n) is 18.5. The SMILES string of the molecule is CCCCNC(=O)c1csc(Cn2cccc2CN(CCC)C(=O)c2ccccc2F)n1. The van der Waals surface area contributed by atoms with Crippen LogP contribution < -0.4 is 5.32 Å². The van der Waals surface area contributed by atoms with Gasteiger partial charge in [-0.3, -0.25) is 9.59 Å². The molecule has 0 unspecified atom stereocenters. The summed E-state index contributed by atoms with van der Waals surface area (Å²) in [7, 11) is 0. The van der Waals surface area contributed by atoms with Crippen LogP contribution in [0.5, 0.6) is 0 Å². The molecule has 0 saturated heterocycles. The molecule has 0 bridgehead atoms. The topological polar surface area (TPSA) is 67.2 Å². The summed E-state index contributed by atoms with van der Waals surface area (Å²) in [6, 6.07) is 9.93. The van der Waals surface area contributed by atoms with Gasteiger partial charge in [0.15, 0.2) is 0 Å². The van der Waals surface area contributed by atoms with Gasteiger partial charge in [0.25, 0.3) is 11.8 Å². The molecule has 0 aliphatic heterocycles. The lowest BCUT2D eigenvalue weighted by atomic mass is 10.1. The molecule has 2 amide bonds. The van der Waals surface area contributed by atoms with E-state index in [4.69, 9.17) is 0 Å². The average molecular weight is 457 g/mol. The summed E-state index contributed by atoms with van der Waals surface area (Å²) in [4.78, 5) is 31.3. The first-order valence-corrected chi connectivity index (χ1v) is 11.8. The molecule has 1 aromatic carbocycles. The molecular formula is C24H29FN4O2S. The summed E-state index contributed by atoms with van der Waals surface area (Å²) in [5.41, 5.74) is 1.43. The van der Waals surface area contributed by atoms with Crippen molar-refractivity contribution >= 4 is 23.2 Å². The van der Waals surface area contributed by atoms with Gasteiger partial charge in [-0.15, -0.1) is 11.3 Å². The van der Waals surface area contributed by atoms with E-state index in [2.05, 4.69) is 17.2 Å². The highest BCUT2D eigenvalue weighted by molar-refractivity contribution is 7.09. The van der Waals surface area contributed by atoms with Crippen LogP contribution in [0.15, 0.2) is 48.0 Å². The number of hydrogen-bond donors (Lipinski definition) is 1. The average Bonchev–Trinajstić information content (AvgIpc) is 3.43. The van der Waals surface area contributed by atoms with Crippen molar-refractivity contribution < 1.29 is 14.0 Å². The lowest BCUT2D eigenvalue weighted by Crippen LogP contribution is -2.32. The summed E-state index contributed by atoms with van der Waals surface area (Å²) in [5.74, 6) is -0.988. The summed E-state index contributed by atoms with van der Waals surface area (Å²) in [5, 5.41) is 5.46. The van der Waals surface area contributed by atoms with E-state index in [0.717, 1.165) is 30.0 Å². The molecule has 0 fully saturated rings. The third-order valence-corrected chi connectivity index (χ3v) is 5.90. The molecule has 0 spiro atoms. The number of aromatic nitrogens is 2. The molecule has 0 aliphatic rings. The Balaban J connectivity index is 1.70. The van der Waals surface area contributed by atoms with E-state index in [0.29, 0.717) is 31.9 Å². The Hall–Kier alpha value is -3.00. The lowest BCUT2D eigenvalue weighted by molar-refractivity contribution is 0.0734. The fourth-order valence-corrected chi connectivity index (χ4v) is 4.14. The second-order valence-electron chi connectivity index (χ2n) is 7.57. The molecule has 2 heterocycles. The Kier molecular flexibility index (Phi) is 8.56. The summed E-state index contributed by atoms with van der Waals surface area (Å²) >= 11 is 1.44. The van der Waals surface area contributed by atoms with E-state index in [1.54, 1.807) is 22.4 Å². The molecule has 32 heavy (non-hydrogen) atoms. The maximum absolute atomic E-state index is 14.2. The monoisotopic (exact) mass is 456 g/mol. The van der Waals surface area contributed by atoms with E-state index < -0.39 is 5.82 Å². The van der Waals surface area contributed by atoms with Crippen molar-refractivity contribution in [3.8, 4) is 0 Å². The Morgan fingerprint density at radius 3 is 2.72 bits per heavy atom. The summed E-state index contributed by atoms with van der Waals surface area (Å²) in [6.07, 6.45) is 4.65. The van der Waals surface area contributed by atoms with Gasteiger partial charge in [-0.1, -0.05) is 32.4 Å². The minimum atomic E-state index is -0.512. The number of nitrogens with one attached hydrogen (secondary N) is 1. The third-order valence-electron chi connectivity index (χ3n) is 5.07. The molecule has 6 nitrogen and oxygen atoms in total. The smallest absolute Gasteiger partial charge is 0.270 e. The summed E-state index contributed by atoms with van der Waals surface area (Å²) < 4.78 is 16.2.